The van der Waals surface area contributed by atoms with Crippen LogP contribution in [0, 0.1) is 13.8 Å². The normalized spacial score (nSPS) is 14.8. The van der Waals surface area contributed by atoms with Crippen molar-refractivity contribution in [1.29, 1.82) is 0 Å². The van der Waals surface area contributed by atoms with Crippen molar-refractivity contribution in [1.82, 2.24) is 30.0 Å². The molecule has 0 bridgehead atoms. The third kappa shape index (κ3) is 7.05. The molecule has 2 aromatic heterocycles. The second kappa shape index (κ2) is 11.9. The summed E-state index contributed by atoms with van der Waals surface area (Å²) in [7, 11) is 4.25. The average molecular weight is 509 g/mol. The van der Waals surface area contributed by atoms with Crippen LogP contribution in [0.2, 0.25) is 0 Å². The third-order valence-corrected chi connectivity index (χ3v) is 7.21. The van der Waals surface area contributed by atoms with E-state index in [4.69, 9.17) is 9.97 Å². The van der Waals surface area contributed by atoms with Gasteiger partial charge in [-0.1, -0.05) is 0 Å². The van der Waals surface area contributed by atoms with Gasteiger partial charge in [0.2, 0.25) is 5.91 Å². The van der Waals surface area contributed by atoms with Crippen molar-refractivity contribution >= 4 is 35.0 Å². The van der Waals surface area contributed by atoms with Crippen molar-refractivity contribution in [2.24, 2.45) is 0 Å². The third-order valence-electron chi connectivity index (χ3n) is 6.34. The molecule has 3 aromatic rings. The van der Waals surface area contributed by atoms with Gasteiger partial charge in [0.1, 0.15) is 5.82 Å². The van der Waals surface area contributed by atoms with Crippen LogP contribution in [0.25, 0.3) is 0 Å². The van der Waals surface area contributed by atoms with E-state index in [0.717, 1.165) is 78.2 Å². The highest BCUT2D eigenvalue weighted by molar-refractivity contribution is 7.99. The summed E-state index contributed by atoms with van der Waals surface area (Å²) in [6, 6.07) is 9.72. The van der Waals surface area contributed by atoms with Crippen LogP contribution in [-0.4, -0.2) is 76.1 Å². The molecule has 36 heavy (non-hydrogen) atoms. The number of H-pyrrole nitrogens is 1. The zero-order valence-electron chi connectivity index (χ0n) is 21.8. The van der Waals surface area contributed by atoms with E-state index in [-0.39, 0.29) is 5.91 Å². The number of hydrogen-bond acceptors (Lipinski definition) is 8. The second-order valence-corrected chi connectivity index (χ2v) is 10.7. The Morgan fingerprint density at radius 1 is 1.17 bits per heavy atom. The fourth-order valence-corrected chi connectivity index (χ4v) is 5.13. The molecule has 9 nitrogen and oxygen atoms in total. The maximum Gasteiger partial charge on any atom is 0.221 e. The number of carbonyl (C=O) groups is 1. The summed E-state index contributed by atoms with van der Waals surface area (Å²) in [4.78, 5) is 27.0. The van der Waals surface area contributed by atoms with Crippen LogP contribution >= 0.6 is 11.8 Å². The van der Waals surface area contributed by atoms with Gasteiger partial charge in [-0.2, -0.15) is 5.10 Å². The molecule has 0 saturated carbocycles. The number of nitrogens with zero attached hydrogens (tertiary/aromatic N) is 5. The number of piperidine rings is 1. The first kappa shape index (κ1) is 26.1. The molecule has 4 rings (SSSR count). The number of carbonyl (C=O) groups excluding carboxylic acids is 1. The Labute approximate surface area is 217 Å². The fourth-order valence-electron chi connectivity index (χ4n) is 4.37. The van der Waals surface area contributed by atoms with Crippen LogP contribution in [0.15, 0.2) is 40.4 Å². The van der Waals surface area contributed by atoms with Gasteiger partial charge in [0.25, 0.3) is 0 Å². The molecule has 3 heterocycles. The summed E-state index contributed by atoms with van der Waals surface area (Å²) < 4.78 is 0. The SMILES string of the molecule is CC(=O)Nc1ccc(Sc2nc(Nc3cc(C)[nH]n3)c(C)c(C3CCN(CCN(C)C)CC3)n2)cc1. The Hall–Kier alpha value is -2.95. The second-order valence-electron chi connectivity index (χ2n) is 9.65. The van der Waals surface area contributed by atoms with Gasteiger partial charge < -0.3 is 20.4 Å². The van der Waals surface area contributed by atoms with Gasteiger partial charge in [0.15, 0.2) is 11.0 Å². The Balaban J connectivity index is 1.56. The first-order chi connectivity index (χ1) is 17.3. The maximum atomic E-state index is 11.3. The van der Waals surface area contributed by atoms with Crippen LogP contribution in [0.3, 0.4) is 0 Å². The minimum Gasteiger partial charge on any atom is -0.326 e. The molecule has 1 amide bonds. The number of aromatic amines is 1. The predicted octanol–water partition coefficient (Wildman–Crippen LogP) is 4.41. The number of benzene rings is 1. The summed E-state index contributed by atoms with van der Waals surface area (Å²) in [6.45, 7) is 9.93. The average Bonchev–Trinajstić information content (AvgIpc) is 3.25. The fraction of sp³-hybridized carbons (Fsp3) is 0.462. The molecular weight excluding hydrogens is 472 g/mol. The first-order valence-corrected chi connectivity index (χ1v) is 13.2. The summed E-state index contributed by atoms with van der Waals surface area (Å²) in [5.41, 5.74) is 3.95. The highest BCUT2D eigenvalue weighted by Gasteiger charge is 2.25. The van der Waals surface area contributed by atoms with E-state index in [0.29, 0.717) is 11.1 Å². The topological polar surface area (TPSA) is 102 Å². The number of aryl methyl sites for hydroxylation is 1. The maximum absolute atomic E-state index is 11.3. The van der Waals surface area contributed by atoms with Gasteiger partial charge in [0.05, 0.1) is 5.69 Å². The van der Waals surface area contributed by atoms with Crippen molar-refractivity contribution in [2.75, 3.05) is 50.9 Å². The summed E-state index contributed by atoms with van der Waals surface area (Å²) in [6.07, 6.45) is 2.17. The van der Waals surface area contributed by atoms with E-state index < -0.39 is 0 Å². The zero-order chi connectivity index (χ0) is 25.7. The molecule has 1 aromatic carbocycles. The van der Waals surface area contributed by atoms with Crippen LogP contribution in [0.5, 0.6) is 0 Å². The van der Waals surface area contributed by atoms with E-state index in [1.807, 2.05) is 37.3 Å². The number of anilines is 3. The Bertz CT molecular complexity index is 1170. The molecular formula is C26H36N8OS. The van der Waals surface area contributed by atoms with Gasteiger partial charge in [-0.05, 0) is 89.9 Å². The summed E-state index contributed by atoms with van der Waals surface area (Å²) >= 11 is 1.52. The van der Waals surface area contributed by atoms with Crippen molar-refractivity contribution in [3.63, 3.8) is 0 Å². The number of aromatic nitrogens is 4. The van der Waals surface area contributed by atoms with Crippen molar-refractivity contribution < 1.29 is 4.79 Å². The molecule has 0 aliphatic carbocycles. The molecule has 1 aliphatic heterocycles. The molecule has 1 fully saturated rings. The highest BCUT2D eigenvalue weighted by atomic mass is 32.2. The molecule has 3 N–H and O–H groups in total. The standard InChI is InChI=1S/C26H36N8OS/c1-17-16-23(32-31-17)28-25-18(2)24(20-10-12-34(13-11-20)15-14-33(4)5)29-26(30-25)36-22-8-6-21(7-9-22)27-19(3)35/h6-9,16,20H,10-15H2,1-5H3,(H,27,35)(H2,28,29,30,31,32). The lowest BCUT2D eigenvalue weighted by molar-refractivity contribution is -0.114. The molecule has 0 spiro atoms. The molecule has 1 aliphatic rings. The van der Waals surface area contributed by atoms with E-state index in [9.17, 15) is 4.79 Å². The van der Waals surface area contributed by atoms with Gasteiger partial charge in [-0.3, -0.25) is 9.89 Å². The Morgan fingerprint density at radius 2 is 1.89 bits per heavy atom. The highest BCUT2D eigenvalue weighted by Crippen LogP contribution is 2.35. The van der Waals surface area contributed by atoms with Crippen molar-refractivity contribution in [2.45, 2.75) is 49.6 Å². The van der Waals surface area contributed by atoms with Crippen molar-refractivity contribution in [3.05, 3.63) is 47.3 Å². The van der Waals surface area contributed by atoms with E-state index in [2.05, 4.69) is 51.6 Å². The minimum atomic E-state index is -0.0843. The smallest absolute Gasteiger partial charge is 0.221 e. The minimum absolute atomic E-state index is 0.0843. The molecule has 0 atom stereocenters. The number of likely N-dealkylation sites (N-methyl/N-ethyl adjacent to an activating group) is 1. The quantitative estimate of drug-likeness (QED) is 0.365. The molecule has 192 valence electrons. The van der Waals surface area contributed by atoms with Crippen LogP contribution in [0.4, 0.5) is 17.3 Å². The summed E-state index contributed by atoms with van der Waals surface area (Å²) in [5, 5.41) is 14.2. The Kier molecular flexibility index (Phi) is 8.60. The van der Waals surface area contributed by atoms with Crippen LogP contribution in [0.1, 0.15) is 42.6 Å². The number of amides is 1. The van der Waals surface area contributed by atoms with E-state index in [1.165, 1.54) is 18.7 Å². The monoisotopic (exact) mass is 508 g/mol. The number of nitrogens with one attached hydrogen (secondary N) is 3. The molecule has 0 radical (unpaired) electrons. The lowest BCUT2D eigenvalue weighted by Crippen LogP contribution is -2.37. The lowest BCUT2D eigenvalue weighted by atomic mass is 9.91. The van der Waals surface area contributed by atoms with Gasteiger partial charge in [-0.25, -0.2) is 9.97 Å². The number of rotatable bonds is 9. The summed E-state index contributed by atoms with van der Waals surface area (Å²) in [5.74, 6) is 1.85. The lowest BCUT2D eigenvalue weighted by Gasteiger charge is -2.33. The Morgan fingerprint density at radius 3 is 2.50 bits per heavy atom. The largest absolute Gasteiger partial charge is 0.326 e. The van der Waals surface area contributed by atoms with Gasteiger partial charge in [-0.15, -0.1) is 0 Å². The molecule has 1 saturated heterocycles. The predicted molar refractivity (Wildman–Crippen MR) is 145 cm³/mol. The van der Waals surface area contributed by atoms with Gasteiger partial charge >= 0.3 is 0 Å². The van der Waals surface area contributed by atoms with Crippen LogP contribution in [-0.2, 0) is 4.79 Å². The van der Waals surface area contributed by atoms with Crippen molar-refractivity contribution in [3.8, 4) is 0 Å². The first-order valence-electron chi connectivity index (χ1n) is 12.4. The number of hydrogen-bond donors (Lipinski definition) is 3. The zero-order valence-corrected chi connectivity index (χ0v) is 22.6. The van der Waals surface area contributed by atoms with Crippen LogP contribution < -0.4 is 10.6 Å². The molecule has 10 heteroatoms. The molecule has 0 unspecified atom stereocenters. The van der Waals surface area contributed by atoms with Gasteiger partial charge in [0, 0.05) is 53.8 Å². The van der Waals surface area contributed by atoms with E-state index >= 15 is 0 Å². The van der Waals surface area contributed by atoms with E-state index in [1.54, 1.807) is 0 Å². The number of likely N-dealkylation sites (tertiary alicyclic amines) is 1.